The van der Waals surface area contributed by atoms with Crippen molar-refractivity contribution >= 4 is 35.4 Å². The van der Waals surface area contributed by atoms with E-state index < -0.39 is 0 Å². The molecule has 1 aromatic carbocycles. The van der Waals surface area contributed by atoms with Crippen LogP contribution in [0.15, 0.2) is 24.4 Å². The average Bonchev–Trinajstić information content (AvgIpc) is 2.22. The maximum absolute atomic E-state index is 5.89. The van der Waals surface area contributed by atoms with Crippen LogP contribution in [0.25, 0.3) is 11.3 Å². The molecular weight excluding hydrogens is 253 g/mol. The van der Waals surface area contributed by atoms with E-state index in [0.29, 0.717) is 20.5 Å². The summed E-state index contributed by atoms with van der Waals surface area (Å²) in [5, 5.41) is 7.40. The first-order valence-electron chi connectivity index (χ1n) is 4.04. The molecular formula is C9H5Cl2N3S. The van der Waals surface area contributed by atoms with Gasteiger partial charge in [0, 0.05) is 5.56 Å². The van der Waals surface area contributed by atoms with Crippen LogP contribution in [0.4, 0.5) is 0 Å². The van der Waals surface area contributed by atoms with Crippen molar-refractivity contribution in [3.05, 3.63) is 39.2 Å². The minimum absolute atomic E-state index is 0.332. The smallest absolute Gasteiger partial charge is 0.214 e. The van der Waals surface area contributed by atoms with Crippen LogP contribution in [0.2, 0.25) is 10.0 Å². The van der Waals surface area contributed by atoms with Crippen molar-refractivity contribution in [2.45, 2.75) is 0 Å². The van der Waals surface area contributed by atoms with E-state index in [9.17, 15) is 0 Å². The maximum atomic E-state index is 5.89. The standard InChI is InChI=1S/C9H5Cl2N3S/c10-6-2-1-5(3-7(6)11)8-4-12-14-9(15)13-8/h1-4H,(H,13,14,15). The Morgan fingerprint density at radius 1 is 1.20 bits per heavy atom. The lowest BCUT2D eigenvalue weighted by Gasteiger charge is -2.01. The highest BCUT2D eigenvalue weighted by Gasteiger charge is 2.03. The van der Waals surface area contributed by atoms with E-state index in [4.69, 9.17) is 35.4 Å². The average molecular weight is 258 g/mol. The van der Waals surface area contributed by atoms with Crippen molar-refractivity contribution in [2.24, 2.45) is 0 Å². The second-order valence-corrected chi connectivity index (χ2v) is 4.00. The van der Waals surface area contributed by atoms with Gasteiger partial charge in [0.1, 0.15) is 0 Å². The first-order chi connectivity index (χ1) is 7.16. The Hall–Kier alpha value is -0.970. The summed E-state index contributed by atoms with van der Waals surface area (Å²) >= 11 is 16.6. The van der Waals surface area contributed by atoms with Crippen LogP contribution >= 0.6 is 35.4 Å². The fourth-order valence-corrected chi connectivity index (χ4v) is 1.56. The SMILES string of the molecule is S=c1nc(-c2ccc(Cl)c(Cl)c2)cn[nH]1. The highest BCUT2D eigenvalue weighted by molar-refractivity contribution is 7.71. The molecule has 2 rings (SSSR count). The lowest BCUT2D eigenvalue weighted by atomic mass is 10.2. The largest absolute Gasteiger partial charge is 0.252 e. The lowest BCUT2D eigenvalue weighted by molar-refractivity contribution is 0.953. The van der Waals surface area contributed by atoms with Gasteiger partial charge in [0.25, 0.3) is 0 Å². The van der Waals surface area contributed by atoms with E-state index in [1.165, 1.54) is 0 Å². The van der Waals surface area contributed by atoms with E-state index in [-0.39, 0.29) is 0 Å². The van der Waals surface area contributed by atoms with E-state index in [1.807, 2.05) is 6.07 Å². The maximum Gasteiger partial charge on any atom is 0.214 e. The minimum Gasteiger partial charge on any atom is -0.252 e. The Kier molecular flexibility index (Phi) is 3.00. The molecule has 0 unspecified atom stereocenters. The van der Waals surface area contributed by atoms with Gasteiger partial charge in [0.2, 0.25) is 4.77 Å². The van der Waals surface area contributed by atoms with Gasteiger partial charge in [-0.25, -0.2) is 4.98 Å². The zero-order chi connectivity index (χ0) is 10.8. The Bertz CT molecular complexity index is 553. The molecule has 0 radical (unpaired) electrons. The number of nitrogens with zero attached hydrogens (tertiary/aromatic N) is 2. The Labute approximate surface area is 101 Å². The molecule has 0 amide bonds. The molecule has 0 aliphatic heterocycles. The van der Waals surface area contributed by atoms with E-state index in [0.717, 1.165) is 5.56 Å². The van der Waals surface area contributed by atoms with Crippen molar-refractivity contribution < 1.29 is 0 Å². The predicted molar refractivity (Wildman–Crippen MR) is 62.7 cm³/mol. The van der Waals surface area contributed by atoms with Crippen molar-refractivity contribution in [2.75, 3.05) is 0 Å². The molecule has 0 fully saturated rings. The highest BCUT2D eigenvalue weighted by Crippen LogP contribution is 2.26. The fraction of sp³-hybridized carbons (Fsp3) is 0. The van der Waals surface area contributed by atoms with Crippen molar-refractivity contribution in [3.63, 3.8) is 0 Å². The third-order valence-electron chi connectivity index (χ3n) is 1.78. The van der Waals surface area contributed by atoms with Gasteiger partial charge in [0.15, 0.2) is 0 Å². The minimum atomic E-state index is 0.332. The zero-order valence-electron chi connectivity index (χ0n) is 7.37. The number of nitrogens with one attached hydrogen (secondary N) is 1. The number of hydrogen-bond acceptors (Lipinski definition) is 3. The number of aromatic nitrogens is 3. The summed E-state index contributed by atoms with van der Waals surface area (Å²) in [4.78, 5) is 4.11. The summed E-state index contributed by atoms with van der Waals surface area (Å²) in [6, 6.07) is 5.25. The molecule has 1 aromatic heterocycles. The second-order valence-electron chi connectivity index (χ2n) is 2.80. The van der Waals surface area contributed by atoms with Gasteiger partial charge in [-0.05, 0) is 24.4 Å². The molecule has 1 heterocycles. The van der Waals surface area contributed by atoms with Gasteiger partial charge in [0.05, 0.1) is 21.9 Å². The third-order valence-corrected chi connectivity index (χ3v) is 2.71. The van der Waals surface area contributed by atoms with Gasteiger partial charge < -0.3 is 0 Å². The van der Waals surface area contributed by atoms with Crippen LogP contribution in [0, 0.1) is 4.77 Å². The van der Waals surface area contributed by atoms with Gasteiger partial charge in [-0.3, -0.25) is 5.10 Å². The number of hydrogen-bond donors (Lipinski definition) is 1. The third kappa shape index (κ3) is 2.34. The first kappa shape index (κ1) is 10.5. The zero-order valence-corrected chi connectivity index (χ0v) is 9.70. The number of aromatic amines is 1. The summed E-state index contributed by atoms with van der Waals surface area (Å²) in [7, 11) is 0. The lowest BCUT2D eigenvalue weighted by Crippen LogP contribution is -1.89. The number of rotatable bonds is 1. The molecule has 0 spiro atoms. The van der Waals surface area contributed by atoms with Gasteiger partial charge in [-0.2, -0.15) is 5.10 Å². The molecule has 1 N–H and O–H groups in total. The number of H-pyrrole nitrogens is 1. The second kappa shape index (κ2) is 4.26. The van der Waals surface area contributed by atoms with Crippen LogP contribution < -0.4 is 0 Å². The summed E-state index contributed by atoms with van der Waals surface area (Å²) in [5.74, 6) is 0. The monoisotopic (exact) mass is 257 g/mol. The molecule has 3 nitrogen and oxygen atoms in total. The number of benzene rings is 1. The van der Waals surface area contributed by atoms with Crippen LogP contribution in [0.5, 0.6) is 0 Å². The Morgan fingerprint density at radius 2 is 2.00 bits per heavy atom. The molecule has 76 valence electrons. The van der Waals surface area contributed by atoms with Crippen LogP contribution in [-0.2, 0) is 0 Å². The van der Waals surface area contributed by atoms with Crippen molar-refractivity contribution in [3.8, 4) is 11.3 Å². The van der Waals surface area contributed by atoms with Crippen LogP contribution in [0.3, 0.4) is 0 Å². The molecule has 0 saturated heterocycles. The summed E-state index contributed by atoms with van der Waals surface area (Å²) < 4.78 is 0.332. The molecule has 0 aliphatic rings. The normalized spacial score (nSPS) is 10.3. The molecule has 0 bridgehead atoms. The summed E-state index contributed by atoms with van der Waals surface area (Å²) in [6.45, 7) is 0. The molecule has 2 aromatic rings. The molecule has 0 aliphatic carbocycles. The number of halogens is 2. The quantitative estimate of drug-likeness (QED) is 0.796. The summed E-state index contributed by atoms with van der Waals surface area (Å²) in [6.07, 6.45) is 1.58. The first-order valence-corrected chi connectivity index (χ1v) is 5.20. The van der Waals surface area contributed by atoms with Crippen molar-refractivity contribution in [1.82, 2.24) is 15.2 Å². The summed E-state index contributed by atoms with van der Waals surface area (Å²) in [5.41, 5.74) is 1.49. The molecule has 6 heteroatoms. The van der Waals surface area contributed by atoms with Crippen LogP contribution in [0.1, 0.15) is 0 Å². The van der Waals surface area contributed by atoms with E-state index in [1.54, 1.807) is 18.3 Å². The van der Waals surface area contributed by atoms with Gasteiger partial charge in [-0.1, -0.05) is 29.3 Å². The Morgan fingerprint density at radius 3 is 2.67 bits per heavy atom. The fourth-order valence-electron chi connectivity index (χ4n) is 1.11. The highest BCUT2D eigenvalue weighted by atomic mass is 35.5. The topological polar surface area (TPSA) is 41.6 Å². The van der Waals surface area contributed by atoms with Crippen LogP contribution in [-0.4, -0.2) is 15.2 Å². The molecule has 0 saturated carbocycles. The molecule has 15 heavy (non-hydrogen) atoms. The molecule has 0 atom stereocenters. The van der Waals surface area contributed by atoms with E-state index in [2.05, 4.69) is 15.2 Å². The van der Waals surface area contributed by atoms with Gasteiger partial charge in [-0.15, -0.1) is 0 Å². The Balaban J connectivity index is 2.55. The van der Waals surface area contributed by atoms with Gasteiger partial charge >= 0.3 is 0 Å². The van der Waals surface area contributed by atoms with Crippen molar-refractivity contribution in [1.29, 1.82) is 0 Å². The predicted octanol–water partition coefficient (Wildman–Crippen LogP) is 3.51. The van der Waals surface area contributed by atoms with E-state index >= 15 is 0 Å².